The summed E-state index contributed by atoms with van der Waals surface area (Å²) in [6.07, 6.45) is 0.184. The number of likely N-dealkylation sites (N-methyl/N-ethyl adjacent to an activating group) is 1. The van der Waals surface area contributed by atoms with Crippen LogP contribution in [0.1, 0.15) is 26.3 Å². The number of para-hydroxylation sites is 2. The van der Waals surface area contributed by atoms with Crippen molar-refractivity contribution in [3.8, 4) is 5.75 Å². The van der Waals surface area contributed by atoms with Crippen molar-refractivity contribution in [2.75, 3.05) is 24.4 Å². The molecule has 3 rings (SSSR count). The molecule has 0 saturated heterocycles. The van der Waals surface area contributed by atoms with Crippen LogP contribution in [0.4, 0.5) is 16.3 Å². The summed E-state index contributed by atoms with van der Waals surface area (Å²) in [5.74, 6) is -0.0361. The number of anilines is 2. The zero-order chi connectivity index (χ0) is 24.8. The Morgan fingerprint density at radius 3 is 2.53 bits per heavy atom. The highest BCUT2D eigenvalue weighted by molar-refractivity contribution is 6.01. The van der Waals surface area contributed by atoms with Crippen molar-refractivity contribution in [2.45, 2.75) is 45.5 Å². The number of aromatic nitrogens is 1. The lowest BCUT2D eigenvalue weighted by Crippen LogP contribution is -2.56. The molecule has 0 spiro atoms. The largest absolute Gasteiger partial charge is 0.495 e. The van der Waals surface area contributed by atoms with Crippen LogP contribution in [0.25, 0.3) is 0 Å². The van der Waals surface area contributed by atoms with E-state index in [2.05, 4.69) is 20.9 Å². The van der Waals surface area contributed by atoms with E-state index in [1.54, 1.807) is 50.5 Å². The molecule has 0 aliphatic carbocycles. The van der Waals surface area contributed by atoms with E-state index < -0.39 is 30.3 Å². The van der Waals surface area contributed by atoms with Gasteiger partial charge in [-0.05, 0) is 38.1 Å². The molecule has 10 heteroatoms. The number of pyridine rings is 1. The normalized spacial score (nSPS) is 16.4. The Hall–Kier alpha value is -3.66. The van der Waals surface area contributed by atoms with Gasteiger partial charge in [0.25, 0.3) is 5.91 Å². The van der Waals surface area contributed by atoms with Crippen LogP contribution in [0.2, 0.25) is 0 Å². The fourth-order valence-corrected chi connectivity index (χ4v) is 3.65. The highest BCUT2D eigenvalue weighted by Crippen LogP contribution is 2.32. The zero-order valence-electron chi connectivity index (χ0n) is 20.0. The molecule has 2 aromatic rings. The third-order valence-electron chi connectivity index (χ3n) is 5.66. The van der Waals surface area contributed by atoms with Crippen molar-refractivity contribution in [2.24, 2.45) is 5.92 Å². The van der Waals surface area contributed by atoms with E-state index in [1.165, 1.54) is 12.0 Å². The Morgan fingerprint density at radius 1 is 1.12 bits per heavy atom. The van der Waals surface area contributed by atoms with E-state index in [0.29, 0.717) is 17.3 Å². The summed E-state index contributed by atoms with van der Waals surface area (Å²) in [6.45, 7) is 5.39. The molecule has 2 heterocycles. The quantitative estimate of drug-likeness (QED) is 0.542. The number of hydrogen-bond acceptors (Lipinski definition) is 7. The SMILES string of the molecule is CN[C@@H](C)C(=O)N[C@H](C(=O)N1c2ncccc2C[C@@H]1OC(=O)Nc1ccccc1OC)C(C)C. The first-order chi connectivity index (χ1) is 16.3. The number of benzene rings is 1. The van der Waals surface area contributed by atoms with Gasteiger partial charge in [-0.25, -0.2) is 9.78 Å². The predicted octanol–water partition coefficient (Wildman–Crippen LogP) is 2.30. The molecule has 1 aromatic carbocycles. The van der Waals surface area contributed by atoms with Gasteiger partial charge in [-0.2, -0.15) is 0 Å². The van der Waals surface area contributed by atoms with E-state index in [1.807, 2.05) is 19.9 Å². The summed E-state index contributed by atoms with van der Waals surface area (Å²) < 4.78 is 10.9. The van der Waals surface area contributed by atoms with Crippen LogP contribution in [0.3, 0.4) is 0 Å². The summed E-state index contributed by atoms with van der Waals surface area (Å²) in [5, 5.41) is 8.33. The molecule has 3 N–H and O–H groups in total. The number of nitrogens with one attached hydrogen (secondary N) is 3. The molecule has 3 amide bonds. The van der Waals surface area contributed by atoms with Crippen molar-refractivity contribution in [3.63, 3.8) is 0 Å². The van der Waals surface area contributed by atoms with Crippen LogP contribution >= 0.6 is 0 Å². The predicted molar refractivity (Wildman–Crippen MR) is 128 cm³/mol. The van der Waals surface area contributed by atoms with Crippen molar-refractivity contribution in [3.05, 3.63) is 48.2 Å². The second kappa shape index (κ2) is 11.0. The number of methoxy groups -OCH3 is 1. The number of carbonyl (C=O) groups is 3. The third-order valence-corrected chi connectivity index (χ3v) is 5.66. The monoisotopic (exact) mass is 469 g/mol. The maximum absolute atomic E-state index is 13.7. The van der Waals surface area contributed by atoms with Crippen LogP contribution < -0.4 is 25.6 Å². The maximum atomic E-state index is 13.7. The highest BCUT2D eigenvalue weighted by atomic mass is 16.6. The molecule has 3 atom stereocenters. The molecule has 0 bridgehead atoms. The van der Waals surface area contributed by atoms with Crippen LogP contribution in [0, 0.1) is 5.92 Å². The molecule has 0 radical (unpaired) electrons. The van der Waals surface area contributed by atoms with Crippen molar-refractivity contribution < 1.29 is 23.9 Å². The first-order valence-corrected chi connectivity index (χ1v) is 11.1. The second-order valence-corrected chi connectivity index (χ2v) is 8.32. The molecule has 0 fully saturated rings. The molecule has 1 aliphatic heterocycles. The summed E-state index contributed by atoms with van der Waals surface area (Å²) in [7, 11) is 3.17. The van der Waals surface area contributed by atoms with Gasteiger partial charge in [-0.15, -0.1) is 0 Å². The van der Waals surface area contributed by atoms with Crippen LogP contribution in [-0.4, -0.2) is 55.4 Å². The van der Waals surface area contributed by atoms with E-state index in [-0.39, 0.29) is 18.2 Å². The molecular weight excluding hydrogens is 438 g/mol. The van der Waals surface area contributed by atoms with Gasteiger partial charge in [0.2, 0.25) is 5.91 Å². The van der Waals surface area contributed by atoms with Crippen LogP contribution in [-0.2, 0) is 20.7 Å². The minimum Gasteiger partial charge on any atom is -0.495 e. The van der Waals surface area contributed by atoms with Crippen molar-refractivity contribution in [1.29, 1.82) is 0 Å². The molecule has 0 saturated carbocycles. The minimum absolute atomic E-state index is 0.212. The van der Waals surface area contributed by atoms with Gasteiger partial charge in [-0.3, -0.25) is 19.8 Å². The number of nitrogens with zero attached hydrogens (tertiary/aromatic N) is 2. The van der Waals surface area contributed by atoms with Gasteiger partial charge in [0.1, 0.15) is 17.6 Å². The van der Waals surface area contributed by atoms with Gasteiger partial charge >= 0.3 is 6.09 Å². The summed E-state index contributed by atoms with van der Waals surface area (Å²) in [6, 6.07) is 9.21. The maximum Gasteiger partial charge on any atom is 0.413 e. The fourth-order valence-electron chi connectivity index (χ4n) is 3.65. The topological polar surface area (TPSA) is 122 Å². The van der Waals surface area contributed by atoms with Gasteiger partial charge in [-0.1, -0.05) is 32.0 Å². The molecule has 0 unspecified atom stereocenters. The average molecular weight is 470 g/mol. The first-order valence-electron chi connectivity index (χ1n) is 11.1. The van der Waals surface area contributed by atoms with Gasteiger partial charge < -0.3 is 20.1 Å². The standard InChI is InChI=1S/C24H31N5O5/c1-14(2)20(28-22(30)15(3)25-4)23(31)29-19(13-16-9-8-12-26-21(16)29)34-24(32)27-17-10-6-7-11-18(17)33-5/h6-12,14-15,19-20,25H,13H2,1-5H3,(H,27,32)(H,28,30)/t15-,19-,20-/m0/s1. The van der Waals surface area contributed by atoms with Gasteiger partial charge in [0.05, 0.1) is 18.8 Å². The van der Waals surface area contributed by atoms with E-state index in [9.17, 15) is 14.4 Å². The number of hydrogen-bond donors (Lipinski definition) is 3. The van der Waals surface area contributed by atoms with E-state index >= 15 is 0 Å². The molecule has 10 nitrogen and oxygen atoms in total. The van der Waals surface area contributed by atoms with Crippen molar-refractivity contribution in [1.82, 2.24) is 15.6 Å². The average Bonchev–Trinajstić information content (AvgIpc) is 3.18. The van der Waals surface area contributed by atoms with E-state index in [0.717, 1.165) is 5.56 Å². The minimum atomic E-state index is -0.924. The molecule has 1 aromatic heterocycles. The first kappa shape index (κ1) is 25.0. The lowest BCUT2D eigenvalue weighted by molar-refractivity contribution is -0.130. The van der Waals surface area contributed by atoms with Gasteiger partial charge in [0, 0.05) is 18.2 Å². The number of rotatable bonds is 8. The number of amides is 3. The lowest BCUT2D eigenvalue weighted by Gasteiger charge is -2.31. The van der Waals surface area contributed by atoms with Gasteiger partial charge in [0.15, 0.2) is 6.23 Å². The molecule has 34 heavy (non-hydrogen) atoms. The summed E-state index contributed by atoms with van der Waals surface area (Å²) in [5.41, 5.74) is 1.21. The highest BCUT2D eigenvalue weighted by Gasteiger charge is 2.41. The molecule has 1 aliphatic rings. The third kappa shape index (κ3) is 5.45. The van der Waals surface area contributed by atoms with Crippen LogP contribution in [0.5, 0.6) is 5.75 Å². The lowest BCUT2D eigenvalue weighted by atomic mass is 10.0. The van der Waals surface area contributed by atoms with Crippen LogP contribution in [0.15, 0.2) is 42.6 Å². The summed E-state index contributed by atoms with van der Waals surface area (Å²) in [4.78, 5) is 44.6. The Labute approximate surface area is 199 Å². The Kier molecular flexibility index (Phi) is 8.06. The Morgan fingerprint density at radius 2 is 1.85 bits per heavy atom. The number of fused-ring (bicyclic) bond motifs is 1. The number of carbonyl (C=O) groups excluding carboxylic acids is 3. The second-order valence-electron chi connectivity index (χ2n) is 8.32. The van der Waals surface area contributed by atoms with E-state index in [4.69, 9.17) is 9.47 Å². The molecule has 182 valence electrons. The molecular formula is C24H31N5O5. The number of ether oxygens (including phenoxy) is 2. The fraction of sp³-hybridized carbons (Fsp3) is 0.417. The zero-order valence-corrected chi connectivity index (χ0v) is 20.0. The smallest absolute Gasteiger partial charge is 0.413 e. The Bertz CT molecular complexity index is 1040. The Balaban J connectivity index is 1.84. The van der Waals surface area contributed by atoms with Crippen molar-refractivity contribution >= 4 is 29.4 Å². The summed E-state index contributed by atoms with van der Waals surface area (Å²) >= 11 is 0.